The molecule has 3 rings (SSSR count). The van der Waals surface area contributed by atoms with Gasteiger partial charge in [0.1, 0.15) is 0 Å². The number of halogens is 4. The molecule has 1 atom stereocenters. The lowest BCUT2D eigenvalue weighted by Gasteiger charge is -2.18. The number of thioether (sulfide) groups is 2. The number of aliphatic carboxylic acids is 2. The first-order valence-corrected chi connectivity index (χ1v) is 20.9. The molecule has 0 aliphatic heterocycles. The van der Waals surface area contributed by atoms with Gasteiger partial charge in [0.05, 0.1) is 24.0 Å². The molecule has 52 heavy (non-hydrogen) atoms. The molecule has 0 fully saturated rings. The number of carboxylic acids is 3. The molecule has 286 valence electrons. The van der Waals surface area contributed by atoms with Crippen LogP contribution in [0, 0.1) is 0 Å². The van der Waals surface area contributed by atoms with Crippen LogP contribution < -0.4 is 0 Å². The van der Waals surface area contributed by atoms with E-state index in [0.717, 1.165) is 85.2 Å². The second kappa shape index (κ2) is 25.9. The van der Waals surface area contributed by atoms with E-state index in [1.54, 1.807) is 18.2 Å². The third-order valence-corrected chi connectivity index (χ3v) is 11.1. The quantitative estimate of drug-likeness (QED) is 0.0465. The van der Waals surface area contributed by atoms with Crippen LogP contribution in [0.25, 0.3) is 0 Å². The Morgan fingerprint density at radius 2 is 1.27 bits per heavy atom. The van der Waals surface area contributed by atoms with Crippen molar-refractivity contribution in [2.24, 2.45) is 0 Å². The van der Waals surface area contributed by atoms with E-state index in [1.165, 1.54) is 61.3 Å². The van der Waals surface area contributed by atoms with Gasteiger partial charge >= 0.3 is 24.1 Å². The van der Waals surface area contributed by atoms with Gasteiger partial charge in [0.2, 0.25) is 0 Å². The highest BCUT2D eigenvalue weighted by atomic mass is 79.9. The lowest BCUT2D eigenvalue weighted by atomic mass is 9.97. The summed E-state index contributed by atoms with van der Waals surface area (Å²) < 4.78 is 38.4. The van der Waals surface area contributed by atoms with Gasteiger partial charge in [-0.1, -0.05) is 103 Å². The molecule has 12 heteroatoms. The van der Waals surface area contributed by atoms with Crippen molar-refractivity contribution >= 4 is 57.4 Å². The van der Waals surface area contributed by atoms with Crippen LogP contribution in [0.15, 0.2) is 77.7 Å². The van der Waals surface area contributed by atoms with Crippen LogP contribution in [0.2, 0.25) is 0 Å². The summed E-state index contributed by atoms with van der Waals surface area (Å²) in [4.78, 5) is 33.8. The van der Waals surface area contributed by atoms with Gasteiger partial charge in [0.15, 0.2) is 0 Å². The Hall–Kier alpha value is -2.96. The topological polar surface area (TPSA) is 112 Å². The zero-order valence-electron chi connectivity index (χ0n) is 29.4. The summed E-state index contributed by atoms with van der Waals surface area (Å²) in [5.41, 5.74) is 2.85. The van der Waals surface area contributed by atoms with Gasteiger partial charge < -0.3 is 15.3 Å². The average Bonchev–Trinajstić information content (AvgIpc) is 3.10. The molecular formula is C40H50BrF3O6S2. The van der Waals surface area contributed by atoms with E-state index in [2.05, 4.69) is 15.9 Å². The van der Waals surface area contributed by atoms with E-state index in [1.807, 2.05) is 36.4 Å². The molecule has 0 heterocycles. The first-order valence-electron chi connectivity index (χ1n) is 17.7. The molecule has 0 spiro atoms. The highest BCUT2D eigenvalue weighted by Crippen LogP contribution is 2.36. The van der Waals surface area contributed by atoms with E-state index in [4.69, 9.17) is 10.2 Å². The highest BCUT2D eigenvalue weighted by Gasteiger charge is 2.30. The smallest absolute Gasteiger partial charge is 0.416 e. The number of unbranched alkanes of at least 4 members (excludes halogenated alkanes) is 8. The van der Waals surface area contributed by atoms with Crippen molar-refractivity contribution in [3.63, 3.8) is 0 Å². The molecule has 0 aliphatic carbocycles. The van der Waals surface area contributed by atoms with Crippen LogP contribution in [-0.2, 0) is 28.6 Å². The number of aryl methyl sites for hydroxylation is 2. The van der Waals surface area contributed by atoms with E-state index < -0.39 is 29.6 Å². The molecule has 0 aliphatic rings. The number of benzene rings is 3. The summed E-state index contributed by atoms with van der Waals surface area (Å²) in [6, 6.07) is 20.5. The molecular weight excluding hydrogens is 777 g/mol. The number of aromatic carboxylic acids is 1. The molecule has 3 aromatic rings. The monoisotopic (exact) mass is 826 g/mol. The van der Waals surface area contributed by atoms with Gasteiger partial charge in [-0.3, -0.25) is 9.59 Å². The van der Waals surface area contributed by atoms with E-state index in [0.29, 0.717) is 16.2 Å². The minimum absolute atomic E-state index is 0.00496. The third-order valence-electron chi connectivity index (χ3n) is 8.25. The first kappa shape index (κ1) is 45.2. The van der Waals surface area contributed by atoms with E-state index in [9.17, 15) is 32.7 Å². The highest BCUT2D eigenvalue weighted by molar-refractivity contribution is 9.09. The van der Waals surface area contributed by atoms with Crippen molar-refractivity contribution in [1.82, 2.24) is 0 Å². The normalized spacial score (nSPS) is 11.8. The fourth-order valence-electron chi connectivity index (χ4n) is 5.57. The maximum atomic E-state index is 12.8. The third kappa shape index (κ3) is 19.2. The van der Waals surface area contributed by atoms with Crippen molar-refractivity contribution in [2.45, 2.75) is 106 Å². The predicted molar refractivity (Wildman–Crippen MR) is 209 cm³/mol. The van der Waals surface area contributed by atoms with E-state index in [-0.39, 0.29) is 18.1 Å². The lowest BCUT2D eigenvalue weighted by Crippen LogP contribution is -2.08. The van der Waals surface area contributed by atoms with Crippen LogP contribution >= 0.6 is 39.5 Å². The minimum Gasteiger partial charge on any atom is -0.481 e. The summed E-state index contributed by atoms with van der Waals surface area (Å²) in [5, 5.41) is 28.0. The number of carbonyl (C=O) groups is 3. The summed E-state index contributed by atoms with van der Waals surface area (Å²) >= 11 is 6.23. The van der Waals surface area contributed by atoms with Crippen molar-refractivity contribution in [2.75, 3.05) is 16.8 Å². The molecule has 6 nitrogen and oxygen atoms in total. The van der Waals surface area contributed by atoms with E-state index >= 15 is 0 Å². The van der Waals surface area contributed by atoms with Crippen LogP contribution in [0.1, 0.15) is 115 Å². The van der Waals surface area contributed by atoms with Crippen molar-refractivity contribution < 1.29 is 42.9 Å². The predicted octanol–water partition coefficient (Wildman–Crippen LogP) is 12.0. The minimum atomic E-state index is -4.32. The summed E-state index contributed by atoms with van der Waals surface area (Å²) in [6.45, 7) is 0. The molecule has 1 unspecified atom stereocenters. The summed E-state index contributed by atoms with van der Waals surface area (Å²) in [7, 11) is 0. The number of alkyl halides is 4. The lowest BCUT2D eigenvalue weighted by molar-refractivity contribution is -0.138. The van der Waals surface area contributed by atoms with Gasteiger partial charge in [-0.2, -0.15) is 24.9 Å². The second-order valence-corrected chi connectivity index (χ2v) is 15.6. The maximum Gasteiger partial charge on any atom is 0.416 e. The van der Waals surface area contributed by atoms with Gasteiger partial charge in [0, 0.05) is 21.2 Å². The first-order chi connectivity index (χ1) is 24.9. The van der Waals surface area contributed by atoms with Crippen molar-refractivity contribution in [3.05, 3.63) is 101 Å². The van der Waals surface area contributed by atoms with Gasteiger partial charge in [-0.15, -0.1) is 11.8 Å². The number of hydrogen-bond donors (Lipinski definition) is 3. The second-order valence-electron chi connectivity index (χ2n) is 12.4. The fourth-order valence-corrected chi connectivity index (χ4v) is 8.18. The van der Waals surface area contributed by atoms with Gasteiger partial charge in [-0.25, -0.2) is 4.79 Å². The standard InChI is InChI=1S/C26H31F3O4S2.C14H19BrO2/c27-26(28,29)20-11-8-12-21(17-20)34-15-7-3-1-2-4-9-19-10-5-6-13-22(19)23(18-25(32)33)35-16-14-24(30)31;15-11-7-3-1-2-4-8-12-9-5-6-10-13(12)14(16)17/h5-6,8,10-13,17,23H,1-4,7,9,14-16,18H2,(H,30,31)(H,32,33);5-6,9-10H,1-4,7-8,11H2,(H,16,17). The summed E-state index contributed by atoms with van der Waals surface area (Å²) in [5.74, 6) is -1.49. The average molecular weight is 828 g/mol. The molecule has 3 aromatic carbocycles. The van der Waals surface area contributed by atoms with Gasteiger partial charge in [-0.05, 0) is 85.2 Å². The largest absolute Gasteiger partial charge is 0.481 e. The number of carboxylic acid groups (broad SMARTS) is 3. The summed E-state index contributed by atoms with van der Waals surface area (Å²) in [6.07, 6.45) is 8.22. The van der Waals surface area contributed by atoms with Crippen LogP contribution in [0.5, 0.6) is 0 Å². The Bertz CT molecular complexity index is 1500. The Morgan fingerprint density at radius 1 is 0.673 bits per heavy atom. The molecule has 3 N–H and O–H groups in total. The van der Waals surface area contributed by atoms with Crippen LogP contribution in [0.4, 0.5) is 13.2 Å². The zero-order chi connectivity index (χ0) is 38.2. The Balaban J connectivity index is 0.000000460. The molecule has 0 aromatic heterocycles. The maximum absolute atomic E-state index is 12.8. The Morgan fingerprint density at radius 3 is 1.90 bits per heavy atom. The Kier molecular flexibility index (Phi) is 22.5. The molecule has 0 saturated carbocycles. The number of rotatable bonds is 24. The number of hydrogen-bond acceptors (Lipinski definition) is 5. The zero-order valence-corrected chi connectivity index (χ0v) is 32.6. The van der Waals surface area contributed by atoms with Crippen molar-refractivity contribution in [1.29, 1.82) is 0 Å². The molecule has 0 saturated heterocycles. The van der Waals surface area contributed by atoms with Gasteiger partial charge in [0.25, 0.3) is 0 Å². The van der Waals surface area contributed by atoms with Crippen molar-refractivity contribution in [3.8, 4) is 0 Å². The Labute approximate surface area is 322 Å². The fraction of sp³-hybridized carbons (Fsp3) is 0.475. The van der Waals surface area contributed by atoms with Crippen LogP contribution in [-0.4, -0.2) is 50.1 Å². The van der Waals surface area contributed by atoms with Crippen LogP contribution in [0.3, 0.4) is 0 Å². The molecule has 0 radical (unpaired) electrons. The molecule has 0 bridgehead atoms. The SMILES string of the molecule is O=C(O)CCSC(CC(=O)O)c1ccccc1CCCCCCCSc1cccc(C(F)(F)F)c1.O=C(O)c1ccccc1CCCCCCCBr. The molecule has 0 amide bonds.